The summed E-state index contributed by atoms with van der Waals surface area (Å²) in [5.74, 6) is 0.150. The average molecular weight is 308 g/mol. The molecule has 1 N–H and O–H groups in total. The molecular formula is C16H25FN4O. The summed E-state index contributed by atoms with van der Waals surface area (Å²) in [5, 5.41) is 7.12. The van der Waals surface area contributed by atoms with Crippen LogP contribution in [0.1, 0.15) is 36.9 Å². The predicted octanol–water partition coefficient (Wildman–Crippen LogP) is 1.56. The van der Waals surface area contributed by atoms with E-state index in [0.717, 1.165) is 30.6 Å². The largest absolute Gasteiger partial charge is 0.353 e. The molecule has 1 aliphatic heterocycles. The highest BCUT2D eigenvalue weighted by molar-refractivity contribution is 5.85. The second-order valence-corrected chi connectivity index (χ2v) is 6.85. The van der Waals surface area contributed by atoms with Gasteiger partial charge in [0.1, 0.15) is 0 Å². The Bertz CT molecular complexity index is 554. The third-order valence-corrected chi connectivity index (χ3v) is 4.69. The molecule has 1 unspecified atom stereocenters. The minimum absolute atomic E-state index is 0.178. The number of aromatic nitrogens is 2. The Morgan fingerprint density at radius 3 is 2.95 bits per heavy atom. The van der Waals surface area contributed by atoms with Crippen LogP contribution in [0.15, 0.2) is 6.20 Å². The first kappa shape index (κ1) is 15.5. The normalized spacial score (nSPS) is 26.1. The molecule has 2 heterocycles. The maximum Gasteiger partial charge on any atom is 0.259 e. The van der Waals surface area contributed by atoms with Crippen LogP contribution in [0.5, 0.6) is 0 Å². The fraction of sp³-hybridized carbons (Fsp3) is 0.750. The van der Waals surface area contributed by atoms with Crippen LogP contribution in [-0.4, -0.2) is 45.9 Å². The van der Waals surface area contributed by atoms with Gasteiger partial charge >= 0.3 is 0 Å². The van der Waals surface area contributed by atoms with Crippen molar-refractivity contribution in [3.05, 3.63) is 17.5 Å². The maximum absolute atomic E-state index is 15.0. The molecule has 1 saturated carbocycles. The third-order valence-electron chi connectivity index (χ3n) is 4.69. The highest BCUT2D eigenvalue weighted by Gasteiger charge is 2.43. The Morgan fingerprint density at radius 1 is 1.55 bits per heavy atom. The molecule has 1 atom stereocenters. The van der Waals surface area contributed by atoms with Gasteiger partial charge in [0.15, 0.2) is 0 Å². The molecule has 5 nitrogen and oxygen atoms in total. The summed E-state index contributed by atoms with van der Waals surface area (Å²) in [7, 11) is 1.89. The van der Waals surface area contributed by atoms with Crippen molar-refractivity contribution in [2.45, 2.75) is 44.8 Å². The smallest absolute Gasteiger partial charge is 0.259 e. The molecular weight excluding hydrogens is 283 g/mol. The summed E-state index contributed by atoms with van der Waals surface area (Å²) in [4.78, 5) is 14.2. The van der Waals surface area contributed by atoms with Crippen molar-refractivity contribution in [2.24, 2.45) is 13.0 Å². The summed E-state index contributed by atoms with van der Waals surface area (Å²) in [6.07, 6.45) is 5.33. The lowest BCUT2D eigenvalue weighted by molar-refractivity contribution is -0.136. The van der Waals surface area contributed by atoms with Gasteiger partial charge in [-0.15, -0.1) is 0 Å². The number of likely N-dealkylation sites (tertiary alicyclic amines) is 1. The number of piperidine rings is 1. The molecule has 1 aliphatic carbocycles. The summed E-state index contributed by atoms with van der Waals surface area (Å²) in [6.45, 7) is 4.26. The van der Waals surface area contributed by atoms with Gasteiger partial charge < -0.3 is 5.32 Å². The number of amides is 1. The van der Waals surface area contributed by atoms with E-state index in [-0.39, 0.29) is 6.54 Å². The number of nitrogens with zero attached hydrogens (tertiary/aromatic N) is 3. The number of hydrogen-bond donors (Lipinski definition) is 1. The van der Waals surface area contributed by atoms with Gasteiger partial charge in [0.2, 0.25) is 5.67 Å². The van der Waals surface area contributed by atoms with Crippen LogP contribution >= 0.6 is 0 Å². The topological polar surface area (TPSA) is 50.2 Å². The molecule has 2 fully saturated rings. The minimum Gasteiger partial charge on any atom is -0.353 e. The first-order valence-corrected chi connectivity index (χ1v) is 8.15. The van der Waals surface area contributed by atoms with Gasteiger partial charge in [-0.2, -0.15) is 5.10 Å². The molecule has 6 heteroatoms. The quantitative estimate of drug-likeness (QED) is 0.898. The van der Waals surface area contributed by atoms with E-state index in [4.69, 9.17) is 0 Å². The fourth-order valence-electron chi connectivity index (χ4n) is 3.18. The number of carbonyl (C=O) groups excluding carboxylic acids is 1. The molecule has 0 aromatic carbocycles. The molecule has 22 heavy (non-hydrogen) atoms. The van der Waals surface area contributed by atoms with Gasteiger partial charge in [-0.3, -0.25) is 14.4 Å². The summed E-state index contributed by atoms with van der Waals surface area (Å²) >= 11 is 0. The SMILES string of the molecule is Cc1nn(C)cc1CN1CCCC(F)(C(=O)NCC2CC2)C1. The zero-order valence-electron chi connectivity index (χ0n) is 13.4. The number of carbonyl (C=O) groups is 1. The standard InChI is InChI=1S/C16H25FN4O/c1-12-14(9-20(2)19-12)10-21-7-3-6-16(17,11-21)15(22)18-8-13-4-5-13/h9,13H,3-8,10-11H2,1-2H3,(H,18,22). The molecule has 1 amide bonds. The molecule has 122 valence electrons. The van der Waals surface area contributed by atoms with Gasteiger partial charge in [0, 0.05) is 38.4 Å². The van der Waals surface area contributed by atoms with Crippen LogP contribution in [0.25, 0.3) is 0 Å². The zero-order valence-corrected chi connectivity index (χ0v) is 13.4. The van der Waals surface area contributed by atoms with Gasteiger partial charge in [-0.25, -0.2) is 4.39 Å². The summed E-state index contributed by atoms with van der Waals surface area (Å²) < 4.78 is 16.8. The van der Waals surface area contributed by atoms with E-state index in [2.05, 4.69) is 10.4 Å². The Hall–Kier alpha value is -1.43. The van der Waals surface area contributed by atoms with Crippen molar-refractivity contribution in [1.82, 2.24) is 20.0 Å². The highest BCUT2D eigenvalue weighted by Crippen LogP contribution is 2.30. The number of rotatable bonds is 5. The number of aryl methyl sites for hydroxylation is 2. The lowest BCUT2D eigenvalue weighted by atomic mass is 9.93. The van der Waals surface area contributed by atoms with Crippen molar-refractivity contribution in [3.8, 4) is 0 Å². The molecule has 1 saturated heterocycles. The zero-order chi connectivity index (χ0) is 15.7. The molecule has 1 aromatic heterocycles. The maximum atomic E-state index is 15.0. The Kier molecular flexibility index (Phi) is 4.21. The van der Waals surface area contributed by atoms with Crippen molar-refractivity contribution < 1.29 is 9.18 Å². The Morgan fingerprint density at radius 2 is 2.32 bits per heavy atom. The predicted molar refractivity (Wildman–Crippen MR) is 82.0 cm³/mol. The van der Waals surface area contributed by atoms with E-state index in [0.29, 0.717) is 31.8 Å². The minimum atomic E-state index is -1.75. The van der Waals surface area contributed by atoms with Crippen molar-refractivity contribution in [3.63, 3.8) is 0 Å². The molecule has 0 radical (unpaired) electrons. The summed E-state index contributed by atoms with van der Waals surface area (Å²) in [5.41, 5.74) is 0.323. The van der Waals surface area contributed by atoms with Gasteiger partial charge in [-0.05, 0) is 45.1 Å². The number of alkyl halides is 1. The van der Waals surface area contributed by atoms with Crippen molar-refractivity contribution in [2.75, 3.05) is 19.6 Å². The molecule has 1 aromatic rings. The Labute approximate surface area is 130 Å². The molecule has 2 aliphatic rings. The lowest BCUT2D eigenvalue weighted by Gasteiger charge is -2.36. The van der Waals surface area contributed by atoms with Crippen molar-refractivity contribution >= 4 is 5.91 Å². The second kappa shape index (κ2) is 5.99. The van der Waals surface area contributed by atoms with Crippen LogP contribution in [-0.2, 0) is 18.4 Å². The Balaban J connectivity index is 1.59. The molecule has 3 rings (SSSR count). The summed E-state index contributed by atoms with van der Waals surface area (Å²) in [6, 6.07) is 0. The van der Waals surface area contributed by atoms with E-state index in [1.165, 1.54) is 0 Å². The van der Waals surface area contributed by atoms with Crippen LogP contribution in [0, 0.1) is 12.8 Å². The second-order valence-electron chi connectivity index (χ2n) is 6.85. The van der Waals surface area contributed by atoms with E-state index in [1.807, 2.05) is 25.1 Å². The van der Waals surface area contributed by atoms with Crippen LogP contribution in [0.3, 0.4) is 0 Å². The molecule has 0 bridgehead atoms. The lowest BCUT2D eigenvalue weighted by Crippen LogP contribution is -2.54. The third kappa shape index (κ3) is 3.48. The first-order valence-electron chi connectivity index (χ1n) is 8.15. The van der Waals surface area contributed by atoms with E-state index < -0.39 is 11.6 Å². The van der Waals surface area contributed by atoms with Crippen LogP contribution in [0.4, 0.5) is 4.39 Å². The first-order chi connectivity index (χ1) is 10.5. The van der Waals surface area contributed by atoms with E-state index in [9.17, 15) is 4.79 Å². The van der Waals surface area contributed by atoms with Crippen LogP contribution in [0.2, 0.25) is 0 Å². The monoisotopic (exact) mass is 308 g/mol. The fourth-order valence-corrected chi connectivity index (χ4v) is 3.18. The van der Waals surface area contributed by atoms with E-state index in [1.54, 1.807) is 4.68 Å². The average Bonchev–Trinajstić information content (AvgIpc) is 3.23. The van der Waals surface area contributed by atoms with Crippen LogP contribution < -0.4 is 5.32 Å². The van der Waals surface area contributed by atoms with Gasteiger partial charge in [0.05, 0.1) is 5.69 Å². The number of nitrogens with one attached hydrogen (secondary N) is 1. The highest BCUT2D eigenvalue weighted by atomic mass is 19.1. The molecule has 0 spiro atoms. The van der Waals surface area contributed by atoms with E-state index >= 15 is 4.39 Å². The number of hydrogen-bond acceptors (Lipinski definition) is 3. The van der Waals surface area contributed by atoms with Crippen molar-refractivity contribution in [1.29, 1.82) is 0 Å². The van der Waals surface area contributed by atoms with Gasteiger partial charge in [-0.1, -0.05) is 0 Å². The van der Waals surface area contributed by atoms with Gasteiger partial charge in [0.25, 0.3) is 5.91 Å². The number of halogens is 1.